The number of amides is 1. The molecule has 1 N–H and O–H groups in total. The second-order valence-electron chi connectivity index (χ2n) is 7.78. The molecule has 0 aliphatic carbocycles. The number of benzene rings is 2. The van der Waals surface area contributed by atoms with E-state index in [9.17, 15) is 9.18 Å². The van der Waals surface area contributed by atoms with Crippen molar-refractivity contribution in [2.24, 2.45) is 0 Å². The van der Waals surface area contributed by atoms with Gasteiger partial charge in [0, 0.05) is 30.8 Å². The van der Waals surface area contributed by atoms with Crippen molar-refractivity contribution in [2.45, 2.75) is 45.9 Å². The fourth-order valence-corrected chi connectivity index (χ4v) is 3.36. The van der Waals surface area contributed by atoms with Crippen LogP contribution in [0.3, 0.4) is 0 Å². The third-order valence-corrected chi connectivity index (χ3v) is 5.57. The molecule has 176 valence electrons. The first-order valence-corrected chi connectivity index (χ1v) is 10.9. The minimum absolute atomic E-state index is 0.207. The van der Waals surface area contributed by atoms with Crippen LogP contribution < -0.4 is 14.8 Å². The Bertz CT molecular complexity index is 1050. The lowest BCUT2D eigenvalue weighted by atomic mass is 10.1. The summed E-state index contributed by atoms with van der Waals surface area (Å²) < 4.78 is 29.4. The van der Waals surface area contributed by atoms with E-state index in [0.29, 0.717) is 19.0 Å². The quantitative estimate of drug-likeness (QED) is 0.457. The SMILES string of the molecule is CCC(C)N(Cc1nc(C(=O)NCc2ccc(F)cc2)co1)Cc1ccc(OC)cc1OC. The van der Waals surface area contributed by atoms with Gasteiger partial charge < -0.3 is 19.2 Å². The summed E-state index contributed by atoms with van der Waals surface area (Å²) >= 11 is 0. The van der Waals surface area contributed by atoms with Gasteiger partial charge in [-0.2, -0.15) is 0 Å². The van der Waals surface area contributed by atoms with Gasteiger partial charge in [-0.3, -0.25) is 9.69 Å². The van der Waals surface area contributed by atoms with Crippen LogP contribution in [-0.2, 0) is 19.6 Å². The van der Waals surface area contributed by atoms with Crippen LogP contribution in [0.2, 0.25) is 0 Å². The Kier molecular flexibility index (Phi) is 8.43. The Morgan fingerprint density at radius 1 is 1.15 bits per heavy atom. The molecule has 0 saturated carbocycles. The number of ether oxygens (including phenoxy) is 2. The van der Waals surface area contributed by atoms with Gasteiger partial charge >= 0.3 is 0 Å². The van der Waals surface area contributed by atoms with E-state index in [0.717, 1.165) is 29.0 Å². The van der Waals surface area contributed by atoms with Gasteiger partial charge in [-0.1, -0.05) is 25.1 Å². The van der Waals surface area contributed by atoms with Crippen molar-refractivity contribution in [3.63, 3.8) is 0 Å². The third-order valence-electron chi connectivity index (χ3n) is 5.57. The van der Waals surface area contributed by atoms with Gasteiger partial charge in [0.1, 0.15) is 23.6 Å². The summed E-state index contributed by atoms with van der Waals surface area (Å²) in [5.74, 6) is 1.27. The van der Waals surface area contributed by atoms with E-state index in [2.05, 4.69) is 29.0 Å². The molecule has 0 aliphatic heterocycles. The second-order valence-corrected chi connectivity index (χ2v) is 7.78. The highest BCUT2D eigenvalue weighted by molar-refractivity contribution is 5.91. The topological polar surface area (TPSA) is 76.8 Å². The van der Waals surface area contributed by atoms with Gasteiger partial charge in [0.15, 0.2) is 5.69 Å². The standard InChI is InChI=1S/C25H30FN3O4/c1-5-17(2)29(14-19-8-11-21(31-3)12-23(19)32-4)15-24-28-22(16-33-24)25(30)27-13-18-6-9-20(26)10-7-18/h6-12,16-17H,5,13-15H2,1-4H3,(H,27,30). The number of aromatic nitrogens is 1. The molecule has 1 heterocycles. The molecule has 0 fully saturated rings. The molecule has 0 spiro atoms. The van der Waals surface area contributed by atoms with Crippen molar-refractivity contribution < 1.29 is 23.1 Å². The Hall–Kier alpha value is -3.39. The van der Waals surface area contributed by atoms with E-state index in [1.54, 1.807) is 26.4 Å². The van der Waals surface area contributed by atoms with Gasteiger partial charge in [-0.05, 0) is 37.1 Å². The molecule has 1 amide bonds. The van der Waals surface area contributed by atoms with Crippen LogP contribution >= 0.6 is 0 Å². The molecule has 8 heteroatoms. The summed E-state index contributed by atoms with van der Waals surface area (Å²) in [5, 5.41) is 2.78. The Balaban J connectivity index is 1.66. The number of methoxy groups -OCH3 is 2. The summed E-state index contributed by atoms with van der Waals surface area (Å²) in [6.07, 6.45) is 2.29. The Labute approximate surface area is 193 Å². The van der Waals surface area contributed by atoms with Crippen molar-refractivity contribution in [3.8, 4) is 11.5 Å². The van der Waals surface area contributed by atoms with Crippen LogP contribution in [0.25, 0.3) is 0 Å². The fourth-order valence-electron chi connectivity index (χ4n) is 3.36. The Morgan fingerprint density at radius 3 is 2.58 bits per heavy atom. The summed E-state index contributed by atoms with van der Waals surface area (Å²) in [4.78, 5) is 19.1. The lowest BCUT2D eigenvalue weighted by Crippen LogP contribution is -2.32. The molecular weight excluding hydrogens is 425 g/mol. The lowest BCUT2D eigenvalue weighted by molar-refractivity contribution is 0.0945. The molecule has 1 aromatic heterocycles. The van der Waals surface area contributed by atoms with Gasteiger partial charge in [0.25, 0.3) is 5.91 Å². The molecule has 0 bridgehead atoms. The number of carbonyl (C=O) groups excluding carboxylic acids is 1. The van der Waals surface area contributed by atoms with Gasteiger partial charge in [0.05, 0.1) is 20.8 Å². The zero-order valence-electron chi connectivity index (χ0n) is 19.4. The van der Waals surface area contributed by atoms with Crippen LogP contribution in [0.4, 0.5) is 4.39 Å². The predicted molar refractivity (Wildman–Crippen MR) is 123 cm³/mol. The molecule has 1 atom stereocenters. The minimum Gasteiger partial charge on any atom is -0.497 e. The van der Waals surface area contributed by atoms with E-state index in [1.807, 2.05) is 18.2 Å². The highest BCUT2D eigenvalue weighted by Gasteiger charge is 2.20. The van der Waals surface area contributed by atoms with Gasteiger partial charge in [-0.15, -0.1) is 0 Å². The van der Waals surface area contributed by atoms with E-state index >= 15 is 0 Å². The molecule has 7 nitrogen and oxygen atoms in total. The van der Waals surface area contributed by atoms with Crippen molar-refractivity contribution in [2.75, 3.05) is 14.2 Å². The molecule has 0 aliphatic rings. The number of nitrogens with one attached hydrogen (secondary N) is 1. The van der Waals surface area contributed by atoms with E-state index < -0.39 is 0 Å². The smallest absolute Gasteiger partial charge is 0.273 e. The minimum atomic E-state index is -0.346. The summed E-state index contributed by atoms with van der Waals surface area (Å²) in [7, 11) is 3.26. The van der Waals surface area contributed by atoms with E-state index in [1.165, 1.54) is 18.4 Å². The van der Waals surface area contributed by atoms with Gasteiger partial charge in [-0.25, -0.2) is 9.37 Å². The number of nitrogens with zero attached hydrogens (tertiary/aromatic N) is 2. The molecule has 3 aromatic rings. The van der Waals surface area contributed by atoms with Crippen molar-refractivity contribution in [3.05, 3.63) is 77.3 Å². The van der Waals surface area contributed by atoms with Crippen molar-refractivity contribution in [1.29, 1.82) is 0 Å². The highest BCUT2D eigenvalue weighted by Crippen LogP contribution is 2.27. The lowest BCUT2D eigenvalue weighted by Gasteiger charge is -2.27. The number of hydrogen-bond acceptors (Lipinski definition) is 6. The van der Waals surface area contributed by atoms with Gasteiger partial charge in [0.2, 0.25) is 5.89 Å². The maximum absolute atomic E-state index is 13.0. The number of halogens is 1. The number of oxazole rings is 1. The summed E-state index contributed by atoms with van der Waals surface area (Å²) in [5.41, 5.74) is 2.02. The normalized spacial score (nSPS) is 11.9. The molecule has 0 saturated heterocycles. The molecular formula is C25H30FN3O4. The molecule has 0 radical (unpaired) electrons. The first-order chi connectivity index (χ1) is 15.9. The largest absolute Gasteiger partial charge is 0.497 e. The molecule has 1 unspecified atom stereocenters. The number of carbonyl (C=O) groups is 1. The average molecular weight is 456 g/mol. The van der Waals surface area contributed by atoms with Crippen LogP contribution in [0.15, 0.2) is 53.1 Å². The van der Waals surface area contributed by atoms with E-state index in [4.69, 9.17) is 13.9 Å². The zero-order valence-corrected chi connectivity index (χ0v) is 19.4. The van der Waals surface area contributed by atoms with Crippen LogP contribution in [-0.4, -0.2) is 36.1 Å². The second kappa shape index (κ2) is 11.5. The van der Waals surface area contributed by atoms with Crippen LogP contribution in [0.5, 0.6) is 11.5 Å². The summed E-state index contributed by atoms with van der Waals surface area (Å²) in [6, 6.07) is 12.0. The van der Waals surface area contributed by atoms with E-state index in [-0.39, 0.29) is 30.0 Å². The van der Waals surface area contributed by atoms with Crippen molar-refractivity contribution in [1.82, 2.24) is 15.2 Å². The van der Waals surface area contributed by atoms with Crippen LogP contribution in [0, 0.1) is 5.82 Å². The third kappa shape index (κ3) is 6.55. The zero-order chi connectivity index (χ0) is 23.8. The predicted octanol–water partition coefficient (Wildman–Crippen LogP) is 4.56. The monoisotopic (exact) mass is 455 g/mol. The Morgan fingerprint density at radius 2 is 1.91 bits per heavy atom. The molecule has 2 aromatic carbocycles. The number of hydrogen-bond donors (Lipinski definition) is 1. The first kappa shape index (κ1) is 24.3. The summed E-state index contributed by atoms with van der Waals surface area (Å²) in [6.45, 7) is 5.59. The first-order valence-electron chi connectivity index (χ1n) is 10.9. The number of rotatable bonds is 11. The highest BCUT2D eigenvalue weighted by atomic mass is 19.1. The average Bonchev–Trinajstić information content (AvgIpc) is 3.31. The molecule has 33 heavy (non-hydrogen) atoms. The molecule has 3 rings (SSSR count). The van der Waals surface area contributed by atoms with Crippen LogP contribution in [0.1, 0.15) is 47.8 Å². The maximum Gasteiger partial charge on any atom is 0.273 e. The fraction of sp³-hybridized carbons (Fsp3) is 0.360. The van der Waals surface area contributed by atoms with Crippen molar-refractivity contribution >= 4 is 5.91 Å². The maximum atomic E-state index is 13.0.